The van der Waals surface area contributed by atoms with E-state index in [1.54, 1.807) is 6.92 Å². The largest absolute Gasteiger partial charge is 0.372 e. The number of alkyl halides is 1. The van der Waals surface area contributed by atoms with E-state index in [-0.39, 0.29) is 23.7 Å². The standard InChI is InChI=1S/C11H20ClNO2/c1-7(12)10(14)13-8-5-9(6-8)15-11(2,3)4/h7-9H,5-6H2,1-4H3,(H,13,14). The topological polar surface area (TPSA) is 38.3 Å². The molecule has 1 aliphatic carbocycles. The molecule has 1 atom stereocenters. The zero-order valence-electron chi connectivity index (χ0n) is 9.84. The van der Waals surface area contributed by atoms with Crippen LogP contribution in [0, 0.1) is 0 Å². The zero-order valence-corrected chi connectivity index (χ0v) is 10.6. The van der Waals surface area contributed by atoms with Crippen LogP contribution in [0.25, 0.3) is 0 Å². The van der Waals surface area contributed by atoms with E-state index in [1.165, 1.54) is 0 Å². The van der Waals surface area contributed by atoms with Gasteiger partial charge in [-0.05, 0) is 40.5 Å². The Balaban J connectivity index is 2.18. The molecule has 0 spiro atoms. The average molecular weight is 234 g/mol. The van der Waals surface area contributed by atoms with Gasteiger partial charge in [0.15, 0.2) is 0 Å². The number of hydrogen-bond acceptors (Lipinski definition) is 2. The van der Waals surface area contributed by atoms with Gasteiger partial charge in [0.05, 0.1) is 11.7 Å². The van der Waals surface area contributed by atoms with E-state index in [4.69, 9.17) is 16.3 Å². The average Bonchev–Trinajstić information content (AvgIpc) is 1.97. The van der Waals surface area contributed by atoms with Gasteiger partial charge < -0.3 is 10.1 Å². The van der Waals surface area contributed by atoms with Crippen molar-refractivity contribution < 1.29 is 9.53 Å². The lowest BCUT2D eigenvalue weighted by atomic mass is 9.88. The number of carbonyl (C=O) groups is 1. The molecule has 1 aliphatic rings. The summed E-state index contributed by atoms with van der Waals surface area (Å²) in [6.45, 7) is 7.80. The number of rotatable bonds is 3. The van der Waals surface area contributed by atoms with Crippen LogP contribution in [0.4, 0.5) is 0 Å². The SMILES string of the molecule is CC(Cl)C(=O)NC1CC(OC(C)(C)C)C1. The van der Waals surface area contributed by atoms with E-state index in [0.29, 0.717) is 0 Å². The number of ether oxygens (including phenoxy) is 1. The summed E-state index contributed by atoms with van der Waals surface area (Å²) in [5.41, 5.74) is -0.0978. The second kappa shape index (κ2) is 4.71. The number of hydrogen-bond donors (Lipinski definition) is 1. The van der Waals surface area contributed by atoms with Gasteiger partial charge in [-0.3, -0.25) is 4.79 Å². The molecule has 1 fully saturated rings. The second-order valence-corrected chi connectivity index (χ2v) is 5.80. The van der Waals surface area contributed by atoms with E-state index >= 15 is 0 Å². The Bertz CT molecular complexity index is 229. The highest BCUT2D eigenvalue weighted by Gasteiger charge is 2.34. The molecule has 1 amide bonds. The van der Waals surface area contributed by atoms with E-state index in [9.17, 15) is 4.79 Å². The van der Waals surface area contributed by atoms with Crippen LogP contribution in [0.1, 0.15) is 40.5 Å². The molecule has 1 unspecified atom stereocenters. The first-order valence-electron chi connectivity index (χ1n) is 5.40. The summed E-state index contributed by atoms with van der Waals surface area (Å²) >= 11 is 5.65. The van der Waals surface area contributed by atoms with Crippen molar-refractivity contribution in [2.75, 3.05) is 0 Å². The van der Waals surface area contributed by atoms with Crippen LogP contribution >= 0.6 is 11.6 Å². The first kappa shape index (κ1) is 12.8. The molecular weight excluding hydrogens is 214 g/mol. The number of carbonyl (C=O) groups excluding carboxylic acids is 1. The lowest BCUT2D eigenvalue weighted by Gasteiger charge is -2.39. The minimum absolute atomic E-state index is 0.0872. The maximum Gasteiger partial charge on any atom is 0.237 e. The highest BCUT2D eigenvalue weighted by molar-refractivity contribution is 6.30. The molecule has 3 nitrogen and oxygen atoms in total. The van der Waals surface area contributed by atoms with Gasteiger partial charge in [-0.2, -0.15) is 0 Å². The predicted molar refractivity (Wildman–Crippen MR) is 61.1 cm³/mol. The molecule has 1 saturated carbocycles. The fourth-order valence-electron chi connectivity index (χ4n) is 1.60. The van der Waals surface area contributed by atoms with Gasteiger partial charge in [0.2, 0.25) is 5.91 Å². The first-order chi connectivity index (χ1) is 6.78. The van der Waals surface area contributed by atoms with Gasteiger partial charge in [0.1, 0.15) is 5.38 Å². The molecule has 0 aromatic rings. The maximum atomic E-state index is 11.3. The smallest absolute Gasteiger partial charge is 0.237 e. The van der Waals surface area contributed by atoms with Crippen molar-refractivity contribution in [3.05, 3.63) is 0 Å². The molecule has 1 rings (SSSR count). The summed E-state index contributed by atoms with van der Waals surface area (Å²) in [6.07, 6.45) is 2.07. The molecule has 0 aliphatic heterocycles. The molecule has 1 N–H and O–H groups in total. The Morgan fingerprint density at radius 1 is 1.47 bits per heavy atom. The predicted octanol–water partition coefficient (Wildman–Crippen LogP) is 2.08. The molecule has 0 radical (unpaired) electrons. The molecule has 0 bridgehead atoms. The minimum atomic E-state index is -0.451. The van der Waals surface area contributed by atoms with Crippen molar-refractivity contribution in [2.24, 2.45) is 0 Å². The van der Waals surface area contributed by atoms with E-state index < -0.39 is 5.38 Å². The molecule has 4 heteroatoms. The lowest BCUT2D eigenvalue weighted by Crippen LogP contribution is -2.51. The molecule has 0 heterocycles. The van der Waals surface area contributed by atoms with E-state index in [0.717, 1.165) is 12.8 Å². The minimum Gasteiger partial charge on any atom is -0.372 e. The van der Waals surface area contributed by atoms with Gasteiger partial charge in [0.25, 0.3) is 0 Å². The Hall–Kier alpha value is -0.280. The van der Waals surface area contributed by atoms with Gasteiger partial charge in [-0.25, -0.2) is 0 Å². The van der Waals surface area contributed by atoms with Crippen LogP contribution in [-0.4, -0.2) is 29.0 Å². The van der Waals surface area contributed by atoms with Crippen LogP contribution in [-0.2, 0) is 9.53 Å². The van der Waals surface area contributed by atoms with Crippen molar-refractivity contribution in [1.29, 1.82) is 0 Å². The van der Waals surface area contributed by atoms with Crippen LogP contribution < -0.4 is 5.32 Å². The summed E-state index contributed by atoms with van der Waals surface area (Å²) in [4.78, 5) is 11.3. The molecule has 88 valence electrons. The molecule has 0 aromatic carbocycles. The third kappa shape index (κ3) is 4.39. The summed E-state index contributed by atoms with van der Waals surface area (Å²) < 4.78 is 5.76. The van der Waals surface area contributed by atoms with Gasteiger partial charge >= 0.3 is 0 Å². The fourth-order valence-corrected chi connectivity index (χ4v) is 1.66. The van der Waals surface area contributed by atoms with Gasteiger partial charge in [-0.1, -0.05) is 0 Å². The van der Waals surface area contributed by atoms with Crippen molar-refractivity contribution >= 4 is 17.5 Å². The summed E-state index contributed by atoms with van der Waals surface area (Å²) in [5.74, 6) is -0.0872. The zero-order chi connectivity index (χ0) is 11.6. The van der Waals surface area contributed by atoms with Gasteiger partial charge in [-0.15, -0.1) is 11.6 Å². The Labute approximate surface area is 96.5 Å². The highest BCUT2D eigenvalue weighted by Crippen LogP contribution is 2.27. The Morgan fingerprint density at radius 2 is 2.00 bits per heavy atom. The number of nitrogens with one attached hydrogen (secondary N) is 1. The monoisotopic (exact) mass is 233 g/mol. The second-order valence-electron chi connectivity index (χ2n) is 5.15. The highest BCUT2D eigenvalue weighted by atomic mass is 35.5. The van der Waals surface area contributed by atoms with Crippen LogP contribution in [0.5, 0.6) is 0 Å². The Morgan fingerprint density at radius 3 is 2.40 bits per heavy atom. The molecule has 15 heavy (non-hydrogen) atoms. The third-order valence-electron chi connectivity index (χ3n) is 2.32. The number of amides is 1. The summed E-state index contributed by atoms with van der Waals surface area (Å²) in [7, 11) is 0. The quantitative estimate of drug-likeness (QED) is 0.758. The lowest BCUT2D eigenvalue weighted by molar-refractivity contribution is -0.127. The maximum absolute atomic E-state index is 11.3. The summed E-state index contributed by atoms with van der Waals surface area (Å²) in [6, 6.07) is 0.242. The normalized spacial score (nSPS) is 28.1. The van der Waals surface area contributed by atoms with Crippen molar-refractivity contribution in [2.45, 2.75) is 63.7 Å². The van der Waals surface area contributed by atoms with E-state index in [1.807, 2.05) is 20.8 Å². The third-order valence-corrected chi connectivity index (χ3v) is 2.52. The summed E-state index contributed by atoms with van der Waals surface area (Å²) in [5, 5.41) is 2.43. The molecular formula is C11H20ClNO2. The molecule has 0 saturated heterocycles. The molecule has 0 aromatic heterocycles. The van der Waals surface area contributed by atoms with Crippen molar-refractivity contribution in [3.63, 3.8) is 0 Å². The fraction of sp³-hybridized carbons (Fsp3) is 0.909. The van der Waals surface area contributed by atoms with Crippen LogP contribution in [0.2, 0.25) is 0 Å². The number of halogens is 1. The van der Waals surface area contributed by atoms with Crippen LogP contribution in [0.15, 0.2) is 0 Å². The first-order valence-corrected chi connectivity index (χ1v) is 5.84. The van der Waals surface area contributed by atoms with Crippen molar-refractivity contribution in [1.82, 2.24) is 5.32 Å². The van der Waals surface area contributed by atoms with Crippen LogP contribution in [0.3, 0.4) is 0 Å². The Kier molecular flexibility index (Phi) is 4.01. The van der Waals surface area contributed by atoms with E-state index in [2.05, 4.69) is 5.32 Å². The van der Waals surface area contributed by atoms with Gasteiger partial charge in [0, 0.05) is 6.04 Å². The van der Waals surface area contributed by atoms with Crippen molar-refractivity contribution in [3.8, 4) is 0 Å².